The van der Waals surface area contributed by atoms with Crippen molar-refractivity contribution in [1.82, 2.24) is 40.4 Å². The van der Waals surface area contributed by atoms with Gasteiger partial charge in [-0.2, -0.15) is 0 Å². The molecule has 0 aromatic heterocycles. The molecule has 6 amide bonds. The minimum Gasteiger partial charge on any atom is -0.340 e. The Morgan fingerprint density at radius 3 is 1.53 bits per heavy atom. The van der Waals surface area contributed by atoms with Crippen molar-refractivity contribution in [2.24, 2.45) is 0 Å². The summed E-state index contributed by atoms with van der Waals surface area (Å²) in [6.45, 7) is 15.1. The molecular formula is C43H54N8O6. The molecule has 4 fully saturated rings. The topological polar surface area (TPSA) is 155 Å². The fraction of sp³-hybridized carbons (Fsp3) is 0.488. The van der Waals surface area contributed by atoms with Crippen molar-refractivity contribution >= 4 is 35.4 Å². The van der Waals surface area contributed by atoms with Gasteiger partial charge in [0.1, 0.15) is 12.1 Å². The van der Waals surface area contributed by atoms with Gasteiger partial charge in [-0.05, 0) is 80.0 Å². The fourth-order valence-electron chi connectivity index (χ4n) is 8.52. The number of amides is 6. The van der Waals surface area contributed by atoms with Gasteiger partial charge in [-0.3, -0.25) is 28.8 Å². The number of allylic oxidation sites excluding steroid dienone is 2. The second-order valence-corrected chi connectivity index (χ2v) is 16.0. The lowest BCUT2D eigenvalue weighted by Crippen LogP contribution is -2.49. The number of piperazine rings is 2. The maximum Gasteiger partial charge on any atom is 0.255 e. The highest BCUT2D eigenvalue weighted by atomic mass is 16.2. The summed E-state index contributed by atoms with van der Waals surface area (Å²) < 4.78 is 0. The van der Waals surface area contributed by atoms with Crippen LogP contribution in [0.4, 0.5) is 0 Å². The predicted octanol–water partition coefficient (Wildman–Crippen LogP) is 1.94. The van der Waals surface area contributed by atoms with Gasteiger partial charge in [0.2, 0.25) is 23.6 Å². The molecule has 6 heterocycles. The van der Waals surface area contributed by atoms with Crippen molar-refractivity contribution in [1.29, 1.82) is 0 Å². The smallest absolute Gasteiger partial charge is 0.255 e. The highest BCUT2D eigenvalue weighted by Crippen LogP contribution is 2.31. The van der Waals surface area contributed by atoms with Gasteiger partial charge in [0.05, 0.1) is 0 Å². The quantitative estimate of drug-likeness (QED) is 0.368. The van der Waals surface area contributed by atoms with Crippen LogP contribution in [0.5, 0.6) is 0 Å². The van der Waals surface area contributed by atoms with E-state index in [2.05, 4.69) is 41.1 Å². The molecule has 14 heteroatoms. The van der Waals surface area contributed by atoms with Crippen molar-refractivity contribution in [3.63, 3.8) is 0 Å². The summed E-state index contributed by atoms with van der Waals surface area (Å²) >= 11 is 0. The Labute approximate surface area is 334 Å². The molecular weight excluding hydrogens is 725 g/mol. The zero-order valence-electron chi connectivity index (χ0n) is 32.9. The van der Waals surface area contributed by atoms with Crippen LogP contribution in [0.15, 0.2) is 61.0 Å². The number of likely N-dealkylation sites (N-methyl/N-ethyl adjacent to an activating group) is 1. The molecule has 0 spiro atoms. The van der Waals surface area contributed by atoms with Crippen molar-refractivity contribution in [3.05, 3.63) is 94.3 Å². The van der Waals surface area contributed by atoms with Crippen LogP contribution in [-0.2, 0) is 45.1 Å². The maximum absolute atomic E-state index is 12.8. The number of piperidine rings is 2. The van der Waals surface area contributed by atoms with Gasteiger partial charge in [-0.15, -0.1) is 0 Å². The molecule has 3 N–H and O–H groups in total. The van der Waals surface area contributed by atoms with Crippen LogP contribution in [0.2, 0.25) is 0 Å². The Hall–Kier alpha value is -5.34. The van der Waals surface area contributed by atoms with Gasteiger partial charge < -0.3 is 40.4 Å². The van der Waals surface area contributed by atoms with Crippen LogP contribution in [0.3, 0.4) is 0 Å². The van der Waals surface area contributed by atoms with E-state index in [1.54, 1.807) is 9.80 Å². The molecule has 8 rings (SSSR count). The van der Waals surface area contributed by atoms with Gasteiger partial charge in [0, 0.05) is 101 Å². The Morgan fingerprint density at radius 1 is 0.649 bits per heavy atom. The van der Waals surface area contributed by atoms with Crippen LogP contribution in [0.25, 0.3) is 0 Å². The van der Waals surface area contributed by atoms with Crippen LogP contribution in [-0.4, -0.2) is 131 Å². The number of fused-ring (bicyclic) bond motifs is 2. The molecule has 302 valence electrons. The first-order chi connectivity index (χ1) is 27.4. The number of nitrogens with zero attached hydrogens (tertiary/aromatic N) is 5. The van der Waals surface area contributed by atoms with Crippen molar-refractivity contribution in [3.8, 4) is 0 Å². The van der Waals surface area contributed by atoms with E-state index in [9.17, 15) is 28.8 Å². The minimum absolute atomic E-state index is 0.0901. The van der Waals surface area contributed by atoms with Gasteiger partial charge in [0.15, 0.2) is 0 Å². The maximum atomic E-state index is 12.8. The molecule has 14 nitrogen and oxygen atoms in total. The summed E-state index contributed by atoms with van der Waals surface area (Å²) in [6, 6.07) is 10.7. The van der Waals surface area contributed by atoms with Crippen LogP contribution in [0, 0.1) is 0 Å². The SMILES string of the molecule is C=C1CCC(N2Cc3cc(CCC(=O)N4CCN(C)CC4)ccc3C2=O)C(=O)N1.C=C1CCC(N2Cc3cc(CCC(=O)N4CCNCC4)ccc3C2=O)C(=O)N1. The molecule has 2 aromatic rings. The minimum atomic E-state index is -0.442. The van der Waals surface area contributed by atoms with Crippen molar-refractivity contribution < 1.29 is 28.8 Å². The first-order valence-electron chi connectivity index (χ1n) is 20.2. The van der Waals surface area contributed by atoms with E-state index in [0.29, 0.717) is 87.0 Å². The van der Waals surface area contributed by atoms with Crippen molar-refractivity contribution in [2.75, 3.05) is 59.4 Å². The van der Waals surface area contributed by atoms with Gasteiger partial charge in [0.25, 0.3) is 11.8 Å². The average molecular weight is 779 g/mol. The molecule has 0 saturated carbocycles. The number of benzene rings is 2. The largest absolute Gasteiger partial charge is 0.340 e. The average Bonchev–Trinajstić information content (AvgIpc) is 3.71. The number of carbonyl (C=O) groups is 6. The van der Waals surface area contributed by atoms with E-state index < -0.39 is 12.1 Å². The Kier molecular flexibility index (Phi) is 12.2. The van der Waals surface area contributed by atoms with Crippen LogP contribution in [0.1, 0.15) is 81.5 Å². The van der Waals surface area contributed by atoms with E-state index in [1.807, 2.05) is 46.2 Å². The lowest BCUT2D eigenvalue weighted by Gasteiger charge is -2.32. The van der Waals surface area contributed by atoms with E-state index in [0.717, 1.165) is 74.6 Å². The van der Waals surface area contributed by atoms with Crippen LogP contribution < -0.4 is 16.0 Å². The number of aryl methyl sites for hydroxylation is 2. The molecule has 2 unspecified atom stereocenters. The zero-order valence-corrected chi connectivity index (χ0v) is 32.9. The zero-order chi connectivity index (χ0) is 40.2. The van der Waals surface area contributed by atoms with Gasteiger partial charge in [-0.1, -0.05) is 37.4 Å². The molecule has 0 bridgehead atoms. The van der Waals surface area contributed by atoms with E-state index >= 15 is 0 Å². The fourth-order valence-corrected chi connectivity index (χ4v) is 8.52. The molecule has 6 aliphatic heterocycles. The third kappa shape index (κ3) is 9.12. The first kappa shape index (κ1) is 39.9. The van der Waals surface area contributed by atoms with Gasteiger partial charge >= 0.3 is 0 Å². The third-order valence-electron chi connectivity index (χ3n) is 12.0. The number of hydrogen-bond acceptors (Lipinski definition) is 8. The number of rotatable bonds is 8. The van der Waals surface area contributed by atoms with E-state index in [-0.39, 0.29) is 35.4 Å². The second kappa shape index (κ2) is 17.4. The molecule has 57 heavy (non-hydrogen) atoms. The summed E-state index contributed by atoms with van der Waals surface area (Å²) in [7, 11) is 2.07. The molecule has 4 saturated heterocycles. The molecule has 2 aromatic carbocycles. The lowest BCUT2D eigenvalue weighted by molar-refractivity contribution is -0.133. The third-order valence-corrected chi connectivity index (χ3v) is 12.0. The lowest BCUT2D eigenvalue weighted by atomic mass is 10.0. The number of nitrogens with one attached hydrogen (secondary N) is 3. The summed E-state index contributed by atoms with van der Waals surface area (Å²) in [5.41, 5.74) is 6.74. The standard InChI is InChI=1S/C22H28N4O3.C21H26N4O3/c1-15-3-7-19(21(28)23-15)26-14-17-13-16(4-6-18(17)22(26)29)5-8-20(27)25-11-9-24(2)10-12-25;1-14-2-6-18(20(27)23-14)25-13-16-12-15(3-5-17(16)21(25)28)4-7-19(26)24-10-8-22-9-11-24/h4,6,13,19H,1,3,5,7-12,14H2,2H3,(H,23,28);3,5,12,18,22H,1-2,4,6-11,13H2,(H,23,27). The van der Waals surface area contributed by atoms with E-state index in [1.165, 1.54) is 0 Å². The first-order valence-corrected chi connectivity index (χ1v) is 20.2. The van der Waals surface area contributed by atoms with Crippen molar-refractivity contribution in [2.45, 2.75) is 76.5 Å². The summed E-state index contributed by atoms with van der Waals surface area (Å²) in [5, 5.41) is 8.76. The predicted molar refractivity (Wildman–Crippen MR) is 213 cm³/mol. The second-order valence-electron chi connectivity index (χ2n) is 16.0. The summed E-state index contributed by atoms with van der Waals surface area (Å²) in [5.74, 6) is -0.118. The highest BCUT2D eigenvalue weighted by molar-refractivity contribution is 6.02. The number of hydrogen-bond donors (Lipinski definition) is 3. The molecule has 0 radical (unpaired) electrons. The highest BCUT2D eigenvalue weighted by Gasteiger charge is 2.39. The molecule has 0 aliphatic carbocycles. The monoisotopic (exact) mass is 778 g/mol. The Morgan fingerprint density at radius 2 is 1.09 bits per heavy atom. The van der Waals surface area contributed by atoms with Crippen LogP contribution >= 0.6 is 0 Å². The number of carbonyl (C=O) groups excluding carboxylic acids is 6. The van der Waals surface area contributed by atoms with E-state index in [4.69, 9.17) is 0 Å². The Bertz CT molecular complexity index is 1970. The molecule has 6 aliphatic rings. The van der Waals surface area contributed by atoms with Gasteiger partial charge in [-0.25, -0.2) is 0 Å². The molecule has 2 atom stereocenters. The summed E-state index contributed by atoms with van der Waals surface area (Å²) in [6.07, 6.45) is 4.88. The normalized spacial score (nSPS) is 22.5. The Balaban J connectivity index is 0.000000174. The summed E-state index contributed by atoms with van der Waals surface area (Å²) in [4.78, 5) is 84.4.